The molecule has 0 amide bonds. The van der Waals surface area contributed by atoms with Crippen molar-refractivity contribution in [1.82, 2.24) is 5.32 Å². The average molecular weight is 345 g/mol. The van der Waals surface area contributed by atoms with Crippen LogP contribution in [-0.4, -0.2) is 6.54 Å². The second kappa shape index (κ2) is 6.71. The summed E-state index contributed by atoms with van der Waals surface area (Å²) in [5.41, 5.74) is 2.56. The summed E-state index contributed by atoms with van der Waals surface area (Å²) in [5, 5.41) is 4.27. The molecule has 0 radical (unpaired) electrons. The molecule has 1 aromatic heterocycles. The highest BCUT2D eigenvalue weighted by molar-refractivity contribution is 9.11. The molecule has 2 rings (SSSR count). The molecule has 96 valence electrons. The molecule has 0 atom stereocenters. The molecule has 4 heteroatoms. The molecule has 0 bridgehead atoms. The van der Waals surface area contributed by atoms with Gasteiger partial charge >= 0.3 is 0 Å². The maximum Gasteiger partial charge on any atom is 0.0701 e. The molecule has 0 saturated carbocycles. The van der Waals surface area contributed by atoms with Gasteiger partial charge in [-0.15, -0.1) is 11.3 Å². The lowest BCUT2D eigenvalue weighted by Gasteiger charge is -2.07. The summed E-state index contributed by atoms with van der Waals surface area (Å²) >= 11 is 11.2. The van der Waals surface area contributed by atoms with Gasteiger partial charge in [0.05, 0.1) is 3.79 Å². The van der Waals surface area contributed by atoms with E-state index in [9.17, 15) is 0 Å². The molecule has 0 aliphatic rings. The van der Waals surface area contributed by atoms with E-state index < -0.39 is 0 Å². The van der Waals surface area contributed by atoms with Crippen LogP contribution in [0.25, 0.3) is 0 Å². The molecule has 1 N–H and O–H groups in total. The summed E-state index contributed by atoms with van der Waals surface area (Å²) < 4.78 is 1.20. The number of rotatable bonds is 5. The monoisotopic (exact) mass is 343 g/mol. The Hall–Kier alpha value is -0.350. The van der Waals surface area contributed by atoms with Gasteiger partial charge in [-0.25, -0.2) is 0 Å². The quantitative estimate of drug-likeness (QED) is 0.768. The van der Waals surface area contributed by atoms with Crippen LogP contribution in [0.4, 0.5) is 0 Å². The number of nitrogens with one attached hydrogen (secondary N) is 1. The van der Waals surface area contributed by atoms with E-state index in [4.69, 9.17) is 11.6 Å². The van der Waals surface area contributed by atoms with Gasteiger partial charge in [-0.3, -0.25) is 0 Å². The lowest BCUT2D eigenvalue weighted by molar-refractivity contribution is 0.688. The van der Waals surface area contributed by atoms with Gasteiger partial charge in [0.1, 0.15) is 0 Å². The lowest BCUT2D eigenvalue weighted by Crippen LogP contribution is -2.16. The van der Waals surface area contributed by atoms with Crippen molar-refractivity contribution in [2.75, 3.05) is 6.54 Å². The van der Waals surface area contributed by atoms with Crippen molar-refractivity contribution in [3.63, 3.8) is 0 Å². The number of hydrogen-bond donors (Lipinski definition) is 1. The summed E-state index contributed by atoms with van der Waals surface area (Å²) in [6.45, 7) is 3.99. The van der Waals surface area contributed by atoms with Gasteiger partial charge in [0.25, 0.3) is 0 Å². The van der Waals surface area contributed by atoms with Crippen molar-refractivity contribution < 1.29 is 0 Å². The predicted molar refractivity (Wildman–Crippen MR) is 83.6 cm³/mol. The zero-order valence-corrected chi connectivity index (χ0v) is 13.3. The molecule has 1 aromatic carbocycles. The van der Waals surface area contributed by atoms with E-state index >= 15 is 0 Å². The van der Waals surface area contributed by atoms with E-state index in [0.29, 0.717) is 0 Å². The molecule has 0 spiro atoms. The van der Waals surface area contributed by atoms with Gasteiger partial charge in [0.15, 0.2) is 0 Å². The SMILES string of the molecule is Cc1cc(Cl)ccc1CNCCc1ccc(Br)s1. The first-order valence-electron chi connectivity index (χ1n) is 5.85. The molecule has 0 aliphatic heterocycles. The van der Waals surface area contributed by atoms with E-state index in [2.05, 4.69) is 46.4 Å². The smallest absolute Gasteiger partial charge is 0.0701 e. The second-order valence-electron chi connectivity index (χ2n) is 4.20. The number of hydrogen-bond acceptors (Lipinski definition) is 2. The summed E-state index contributed by atoms with van der Waals surface area (Å²) in [7, 11) is 0. The maximum absolute atomic E-state index is 5.94. The topological polar surface area (TPSA) is 12.0 Å². The Labute approximate surface area is 125 Å². The van der Waals surface area contributed by atoms with Crippen molar-refractivity contribution in [3.05, 3.63) is 55.1 Å². The number of aryl methyl sites for hydroxylation is 1. The molecule has 0 aliphatic carbocycles. The Morgan fingerprint density at radius 3 is 2.78 bits per heavy atom. The van der Waals surface area contributed by atoms with Gasteiger partial charge in [-0.2, -0.15) is 0 Å². The molecule has 1 heterocycles. The van der Waals surface area contributed by atoms with E-state index in [1.54, 1.807) is 11.3 Å². The molecule has 18 heavy (non-hydrogen) atoms. The minimum Gasteiger partial charge on any atom is -0.312 e. The van der Waals surface area contributed by atoms with Crippen LogP contribution >= 0.6 is 38.9 Å². The fraction of sp³-hybridized carbons (Fsp3) is 0.286. The third-order valence-corrected chi connectivity index (χ3v) is 4.72. The first-order chi connectivity index (χ1) is 8.65. The number of benzene rings is 1. The normalized spacial score (nSPS) is 10.8. The van der Waals surface area contributed by atoms with Gasteiger partial charge in [0.2, 0.25) is 0 Å². The zero-order chi connectivity index (χ0) is 13.0. The third kappa shape index (κ3) is 4.09. The maximum atomic E-state index is 5.94. The Kier molecular flexibility index (Phi) is 5.25. The van der Waals surface area contributed by atoms with Crippen molar-refractivity contribution >= 4 is 38.9 Å². The lowest BCUT2D eigenvalue weighted by atomic mass is 10.1. The second-order valence-corrected chi connectivity index (χ2v) is 7.19. The van der Waals surface area contributed by atoms with Crippen LogP contribution in [0, 0.1) is 6.92 Å². The van der Waals surface area contributed by atoms with Crippen LogP contribution < -0.4 is 5.32 Å². The summed E-state index contributed by atoms with van der Waals surface area (Å²) in [6, 6.07) is 10.3. The highest BCUT2D eigenvalue weighted by Crippen LogP contribution is 2.22. The van der Waals surface area contributed by atoms with Crippen LogP contribution in [-0.2, 0) is 13.0 Å². The van der Waals surface area contributed by atoms with E-state index in [-0.39, 0.29) is 0 Å². The highest BCUT2D eigenvalue weighted by atomic mass is 79.9. The zero-order valence-electron chi connectivity index (χ0n) is 10.2. The van der Waals surface area contributed by atoms with Crippen LogP contribution in [0.2, 0.25) is 5.02 Å². The largest absolute Gasteiger partial charge is 0.312 e. The van der Waals surface area contributed by atoms with Gasteiger partial charge in [-0.05, 0) is 64.7 Å². The Balaban J connectivity index is 1.78. The first-order valence-corrected chi connectivity index (χ1v) is 7.84. The summed E-state index contributed by atoms with van der Waals surface area (Å²) in [5.74, 6) is 0. The van der Waals surface area contributed by atoms with Crippen molar-refractivity contribution in [3.8, 4) is 0 Å². The van der Waals surface area contributed by atoms with Crippen LogP contribution in [0.3, 0.4) is 0 Å². The molecular formula is C14H15BrClNS. The Bertz CT molecular complexity index is 524. The van der Waals surface area contributed by atoms with Crippen LogP contribution in [0.1, 0.15) is 16.0 Å². The fourth-order valence-corrected chi connectivity index (χ4v) is 3.49. The molecule has 0 fully saturated rings. The van der Waals surface area contributed by atoms with E-state index in [1.165, 1.54) is 19.8 Å². The van der Waals surface area contributed by atoms with Crippen molar-refractivity contribution in [2.45, 2.75) is 19.9 Å². The van der Waals surface area contributed by atoms with Crippen molar-refractivity contribution in [1.29, 1.82) is 0 Å². The minimum absolute atomic E-state index is 0.805. The third-order valence-electron chi connectivity index (χ3n) is 2.80. The average Bonchev–Trinajstić information content (AvgIpc) is 2.73. The molecule has 2 aromatic rings. The number of thiophene rings is 1. The van der Waals surface area contributed by atoms with Gasteiger partial charge < -0.3 is 5.32 Å². The molecule has 0 saturated heterocycles. The standard InChI is InChI=1S/C14H15BrClNS/c1-10-8-12(16)3-2-11(10)9-17-7-6-13-4-5-14(15)18-13/h2-5,8,17H,6-7,9H2,1H3. The van der Waals surface area contributed by atoms with Crippen LogP contribution in [0.5, 0.6) is 0 Å². The Morgan fingerprint density at radius 1 is 1.28 bits per heavy atom. The number of halogens is 2. The van der Waals surface area contributed by atoms with Crippen molar-refractivity contribution in [2.24, 2.45) is 0 Å². The van der Waals surface area contributed by atoms with Crippen LogP contribution in [0.15, 0.2) is 34.1 Å². The minimum atomic E-state index is 0.805. The predicted octanol–water partition coefficient (Wildman–Crippen LogP) is 4.80. The Morgan fingerprint density at radius 2 is 2.11 bits per heavy atom. The molecular weight excluding hydrogens is 330 g/mol. The highest BCUT2D eigenvalue weighted by Gasteiger charge is 2.00. The van der Waals surface area contributed by atoms with E-state index in [0.717, 1.165) is 24.5 Å². The fourth-order valence-electron chi connectivity index (χ4n) is 1.78. The van der Waals surface area contributed by atoms with Gasteiger partial charge in [-0.1, -0.05) is 17.7 Å². The van der Waals surface area contributed by atoms with E-state index in [1.807, 2.05) is 12.1 Å². The first kappa shape index (κ1) is 14.1. The van der Waals surface area contributed by atoms with Gasteiger partial charge in [0, 0.05) is 23.0 Å². The molecule has 0 unspecified atom stereocenters. The summed E-state index contributed by atoms with van der Waals surface area (Å²) in [4.78, 5) is 1.40. The summed E-state index contributed by atoms with van der Waals surface area (Å²) in [6.07, 6.45) is 1.07. The molecule has 1 nitrogen and oxygen atoms in total.